The van der Waals surface area contributed by atoms with Crippen LogP contribution in [0.5, 0.6) is 0 Å². The lowest BCUT2D eigenvalue weighted by Crippen LogP contribution is -2.20. The molecule has 1 atom stereocenters. The third kappa shape index (κ3) is 5.85. The van der Waals surface area contributed by atoms with E-state index >= 15 is 0 Å². The van der Waals surface area contributed by atoms with Gasteiger partial charge in [-0.3, -0.25) is 0 Å². The van der Waals surface area contributed by atoms with Crippen molar-refractivity contribution in [2.24, 2.45) is 11.3 Å². The molecular formula is C25H28S3. The quantitative estimate of drug-likeness (QED) is 0.322. The second-order valence-electron chi connectivity index (χ2n) is 7.48. The van der Waals surface area contributed by atoms with Crippen molar-refractivity contribution < 1.29 is 0 Å². The maximum atomic E-state index is 2.39. The van der Waals surface area contributed by atoms with Gasteiger partial charge >= 0.3 is 0 Å². The molecule has 0 fully saturated rings. The first-order valence-electron chi connectivity index (χ1n) is 9.62. The smallest absolute Gasteiger partial charge is 0.0123 e. The topological polar surface area (TPSA) is 0 Å². The van der Waals surface area contributed by atoms with Gasteiger partial charge in [0.1, 0.15) is 0 Å². The van der Waals surface area contributed by atoms with Crippen LogP contribution in [0.1, 0.15) is 27.2 Å². The number of benzene rings is 2. The van der Waals surface area contributed by atoms with E-state index in [1.165, 1.54) is 24.5 Å². The molecule has 0 radical (unpaired) electrons. The van der Waals surface area contributed by atoms with E-state index in [2.05, 4.69) is 106 Å². The lowest BCUT2D eigenvalue weighted by atomic mass is 9.75. The molecule has 28 heavy (non-hydrogen) atoms. The SMILES string of the molecule is CC=CC(C)(C)C1C=CC(Sc2ccc(Sc3ccc(SC)cc3)cc2)=CC1. The number of rotatable bonds is 7. The van der Waals surface area contributed by atoms with Crippen LogP contribution in [0.3, 0.4) is 0 Å². The van der Waals surface area contributed by atoms with E-state index in [4.69, 9.17) is 0 Å². The van der Waals surface area contributed by atoms with Crippen LogP contribution in [-0.4, -0.2) is 6.26 Å². The average molecular weight is 425 g/mol. The summed E-state index contributed by atoms with van der Waals surface area (Å²) in [4.78, 5) is 6.51. The molecule has 0 N–H and O–H groups in total. The highest BCUT2D eigenvalue weighted by Gasteiger charge is 2.25. The fourth-order valence-corrected chi connectivity index (χ4v) is 5.37. The van der Waals surface area contributed by atoms with Crippen LogP contribution in [0.2, 0.25) is 0 Å². The lowest BCUT2D eigenvalue weighted by Gasteiger charge is -2.30. The van der Waals surface area contributed by atoms with Gasteiger partial charge < -0.3 is 0 Å². The summed E-state index contributed by atoms with van der Waals surface area (Å²) in [5.41, 5.74) is 0.213. The van der Waals surface area contributed by atoms with Gasteiger partial charge in [0.15, 0.2) is 0 Å². The number of allylic oxidation sites excluding steroid dienone is 5. The maximum absolute atomic E-state index is 2.39. The van der Waals surface area contributed by atoms with E-state index in [1.807, 2.05) is 23.5 Å². The Labute approximate surface area is 183 Å². The molecule has 2 aromatic carbocycles. The monoisotopic (exact) mass is 424 g/mol. The van der Waals surface area contributed by atoms with Crippen LogP contribution >= 0.6 is 35.3 Å². The minimum atomic E-state index is 0.213. The Balaban J connectivity index is 1.57. The van der Waals surface area contributed by atoms with E-state index in [0.717, 1.165) is 6.42 Å². The normalized spacial score (nSPS) is 17.1. The summed E-state index contributed by atoms with van der Waals surface area (Å²) in [7, 11) is 0. The molecule has 1 aliphatic carbocycles. The van der Waals surface area contributed by atoms with E-state index in [0.29, 0.717) is 5.92 Å². The van der Waals surface area contributed by atoms with E-state index in [-0.39, 0.29) is 5.41 Å². The first-order chi connectivity index (χ1) is 13.5. The van der Waals surface area contributed by atoms with Gasteiger partial charge in [-0.05, 0) is 79.5 Å². The molecule has 0 heterocycles. The van der Waals surface area contributed by atoms with Crippen molar-refractivity contribution in [2.45, 2.75) is 46.8 Å². The molecule has 3 rings (SSSR count). The summed E-state index contributed by atoms with van der Waals surface area (Å²) in [6.07, 6.45) is 14.8. The molecule has 0 saturated carbocycles. The highest BCUT2D eigenvalue weighted by Crippen LogP contribution is 2.39. The fourth-order valence-electron chi connectivity index (χ4n) is 3.27. The van der Waals surface area contributed by atoms with Crippen LogP contribution in [-0.2, 0) is 0 Å². The zero-order valence-corrected chi connectivity index (χ0v) is 19.5. The van der Waals surface area contributed by atoms with E-state index in [9.17, 15) is 0 Å². The van der Waals surface area contributed by atoms with Gasteiger partial charge in [0.2, 0.25) is 0 Å². The third-order valence-corrected chi connectivity index (χ3v) is 7.78. The number of hydrogen-bond acceptors (Lipinski definition) is 3. The van der Waals surface area contributed by atoms with E-state index in [1.54, 1.807) is 11.8 Å². The molecule has 0 amide bonds. The summed E-state index contributed by atoms with van der Waals surface area (Å²) in [5, 5.41) is 0. The second kappa shape index (κ2) is 9.96. The fraction of sp³-hybridized carbons (Fsp3) is 0.280. The second-order valence-corrected chi connectivity index (χ2v) is 10.7. The van der Waals surface area contributed by atoms with E-state index < -0.39 is 0 Å². The predicted octanol–water partition coefficient (Wildman–Crippen LogP) is 8.71. The zero-order chi connectivity index (χ0) is 20.0. The predicted molar refractivity (Wildman–Crippen MR) is 129 cm³/mol. The van der Waals surface area contributed by atoms with Crippen molar-refractivity contribution in [1.82, 2.24) is 0 Å². The van der Waals surface area contributed by atoms with Gasteiger partial charge in [0, 0.05) is 24.5 Å². The zero-order valence-electron chi connectivity index (χ0n) is 17.0. The van der Waals surface area contributed by atoms with Gasteiger partial charge in [0.05, 0.1) is 0 Å². The van der Waals surface area contributed by atoms with Crippen LogP contribution < -0.4 is 0 Å². The Morgan fingerprint density at radius 2 is 1.39 bits per heavy atom. The molecule has 146 valence electrons. The summed E-state index contributed by atoms with van der Waals surface area (Å²) in [5.74, 6) is 0.573. The van der Waals surface area contributed by atoms with Gasteiger partial charge in [-0.2, -0.15) is 0 Å². The highest BCUT2D eigenvalue weighted by atomic mass is 32.2. The van der Waals surface area contributed by atoms with Crippen molar-refractivity contribution in [2.75, 3.05) is 6.26 Å². The van der Waals surface area contributed by atoms with Crippen molar-refractivity contribution in [1.29, 1.82) is 0 Å². The Morgan fingerprint density at radius 1 is 0.857 bits per heavy atom. The summed E-state index contributed by atoms with van der Waals surface area (Å²) >= 11 is 5.45. The van der Waals surface area contributed by atoms with Crippen molar-refractivity contribution in [3.05, 3.63) is 83.8 Å². The van der Waals surface area contributed by atoms with Crippen molar-refractivity contribution in [3.8, 4) is 0 Å². The first-order valence-corrected chi connectivity index (χ1v) is 12.5. The molecule has 0 aliphatic heterocycles. The lowest BCUT2D eigenvalue weighted by molar-refractivity contribution is 0.343. The Bertz CT molecular complexity index is 856. The summed E-state index contributed by atoms with van der Waals surface area (Å²) in [6.45, 7) is 6.74. The maximum Gasteiger partial charge on any atom is 0.0123 e. The van der Waals surface area contributed by atoms with Crippen molar-refractivity contribution in [3.63, 3.8) is 0 Å². The molecule has 2 aromatic rings. The van der Waals surface area contributed by atoms with Crippen LogP contribution in [0.15, 0.2) is 103 Å². The van der Waals surface area contributed by atoms with Gasteiger partial charge in [-0.25, -0.2) is 0 Å². The van der Waals surface area contributed by atoms with Crippen molar-refractivity contribution >= 4 is 35.3 Å². The highest BCUT2D eigenvalue weighted by molar-refractivity contribution is 8.03. The molecule has 3 heteroatoms. The minimum absolute atomic E-state index is 0.213. The van der Waals surface area contributed by atoms with Gasteiger partial charge in [0.25, 0.3) is 0 Å². The minimum Gasteiger partial charge on any atom is -0.130 e. The van der Waals surface area contributed by atoms with Crippen LogP contribution in [0, 0.1) is 11.3 Å². The van der Waals surface area contributed by atoms with Gasteiger partial charge in [-0.1, -0.05) is 67.8 Å². The molecule has 1 aliphatic rings. The Hall–Kier alpha value is -1.29. The molecule has 0 nitrogen and oxygen atoms in total. The molecular weight excluding hydrogens is 396 g/mol. The Kier molecular flexibility index (Phi) is 7.62. The summed E-state index contributed by atoms with van der Waals surface area (Å²) in [6, 6.07) is 17.7. The Morgan fingerprint density at radius 3 is 1.86 bits per heavy atom. The molecule has 0 aromatic heterocycles. The average Bonchev–Trinajstić information content (AvgIpc) is 2.70. The van der Waals surface area contributed by atoms with Crippen LogP contribution in [0.25, 0.3) is 0 Å². The van der Waals surface area contributed by atoms with Crippen LogP contribution in [0.4, 0.5) is 0 Å². The summed E-state index contributed by atoms with van der Waals surface area (Å²) < 4.78 is 0. The molecule has 1 unspecified atom stereocenters. The number of thioether (sulfide) groups is 2. The molecule has 0 saturated heterocycles. The molecule has 0 spiro atoms. The molecule has 0 bridgehead atoms. The largest absolute Gasteiger partial charge is 0.130 e. The first kappa shape index (κ1) is 21.4. The number of hydrogen-bond donors (Lipinski definition) is 0. The third-order valence-electron chi connectivity index (χ3n) is 4.97. The standard InChI is InChI=1S/C25H28S3/c1-5-18-25(2,3)19-6-8-21(9-7-19)27-23-14-16-24(17-15-23)28-22-12-10-20(26-4)11-13-22/h5-6,8-19H,7H2,1-4H3. The van der Waals surface area contributed by atoms with Gasteiger partial charge in [-0.15, -0.1) is 11.8 Å².